The summed E-state index contributed by atoms with van der Waals surface area (Å²) >= 11 is 0. The Kier molecular flexibility index (Phi) is 12.4. The Balaban J connectivity index is 0.000000361. The standard InChI is InChI=1S/C13H13F5O2.C10H13FO2/c1-19-7-2-8-20-10-5-3-9(4-6-10)11(12(14)15)13(16,17)18;1-8(12-2)7-13-10-5-3-9(11)4-6-10/h3-6H,2,7-8H2,1H3;3-6,8H,7H2,1-2H3. The van der Waals surface area contributed by atoms with Crippen molar-refractivity contribution in [2.24, 2.45) is 0 Å². The van der Waals surface area contributed by atoms with Crippen LogP contribution >= 0.6 is 0 Å². The lowest BCUT2D eigenvalue weighted by Crippen LogP contribution is -2.15. The highest BCUT2D eigenvalue weighted by atomic mass is 19.4. The van der Waals surface area contributed by atoms with Crippen molar-refractivity contribution in [2.45, 2.75) is 25.6 Å². The average molecular weight is 480 g/mol. The number of halogens is 6. The SMILES string of the molecule is COC(C)COc1ccc(F)cc1.COCCCOc1ccc(C(=C(F)F)C(F)(F)F)cc1. The van der Waals surface area contributed by atoms with E-state index in [2.05, 4.69) is 0 Å². The Morgan fingerprint density at radius 3 is 1.88 bits per heavy atom. The Morgan fingerprint density at radius 1 is 0.848 bits per heavy atom. The highest BCUT2D eigenvalue weighted by Crippen LogP contribution is 2.37. The van der Waals surface area contributed by atoms with E-state index >= 15 is 0 Å². The Bertz CT molecular complexity index is 832. The van der Waals surface area contributed by atoms with Crippen LogP contribution in [0.3, 0.4) is 0 Å². The van der Waals surface area contributed by atoms with E-state index in [0.29, 0.717) is 37.7 Å². The largest absolute Gasteiger partial charge is 0.494 e. The van der Waals surface area contributed by atoms with Gasteiger partial charge in [0.15, 0.2) is 0 Å². The molecule has 0 saturated carbocycles. The monoisotopic (exact) mass is 480 g/mol. The summed E-state index contributed by atoms with van der Waals surface area (Å²) in [4.78, 5) is 0. The molecule has 2 rings (SSSR count). The molecule has 10 heteroatoms. The summed E-state index contributed by atoms with van der Waals surface area (Å²) in [7, 11) is 3.16. The molecule has 33 heavy (non-hydrogen) atoms. The van der Waals surface area contributed by atoms with E-state index in [9.17, 15) is 26.3 Å². The zero-order valence-corrected chi connectivity index (χ0v) is 18.4. The van der Waals surface area contributed by atoms with Gasteiger partial charge in [0.2, 0.25) is 0 Å². The van der Waals surface area contributed by atoms with Crippen LogP contribution in [0.1, 0.15) is 18.9 Å². The molecule has 2 aromatic rings. The molecule has 0 aliphatic carbocycles. The molecule has 1 atom stereocenters. The average Bonchev–Trinajstić information content (AvgIpc) is 2.76. The minimum Gasteiger partial charge on any atom is -0.494 e. The molecular formula is C23H26F6O4. The zero-order valence-electron chi connectivity index (χ0n) is 18.4. The van der Waals surface area contributed by atoms with Crippen LogP contribution in [0.15, 0.2) is 54.6 Å². The van der Waals surface area contributed by atoms with Gasteiger partial charge in [0.1, 0.15) is 29.5 Å². The lowest BCUT2D eigenvalue weighted by molar-refractivity contribution is -0.0711. The van der Waals surface area contributed by atoms with Gasteiger partial charge in [-0.3, -0.25) is 0 Å². The number of hydrogen-bond donors (Lipinski definition) is 0. The number of hydrogen-bond acceptors (Lipinski definition) is 4. The number of allylic oxidation sites excluding steroid dienone is 1. The summed E-state index contributed by atoms with van der Waals surface area (Å²) < 4.78 is 95.0. The first-order valence-corrected chi connectivity index (χ1v) is 9.84. The molecular weight excluding hydrogens is 454 g/mol. The van der Waals surface area contributed by atoms with Crippen LogP contribution in [-0.4, -0.2) is 46.3 Å². The van der Waals surface area contributed by atoms with Gasteiger partial charge >= 0.3 is 6.18 Å². The van der Waals surface area contributed by atoms with Gasteiger partial charge in [-0.05, 0) is 48.9 Å². The van der Waals surface area contributed by atoms with Crippen molar-refractivity contribution < 1.29 is 45.3 Å². The van der Waals surface area contributed by atoms with Gasteiger partial charge in [-0.15, -0.1) is 0 Å². The molecule has 0 fully saturated rings. The molecule has 2 aromatic carbocycles. The fourth-order valence-electron chi connectivity index (χ4n) is 2.30. The molecule has 0 heterocycles. The zero-order chi connectivity index (χ0) is 24.9. The number of benzene rings is 2. The quantitative estimate of drug-likeness (QED) is 0.287. The first-order chi connectivity index (χ1) is 15.6. The first kappa shape index (κ1) is 28.3. The third-order valence-corrected chi connectivity index (χ3v) is 4.08. The highest BCUT2D eigenvalue weighted by Gasteiger charge is 2.38. The molecule has 0 saturated heterocycles. The molecule has 0 aliphatic heterocycles. The van der Waals surface area contributed by atoms with Crippen molar-refractivity contribution in [1.82, 2.24) is 0 Å². The summed E-state index contributed by atoms with van der Waals surface area (Å²) in [5, 5.41) is 0. The van der Waals surface area contributed by atoms with Gasteiger partial charge in [0.25, 0.3) is 6.08 Å². The Labute approximate surface area is 188 Å². The minimum absolute atomic E-state index is 0.0463. The number of alkyl halides is 3. The van der Waals surface area contributed by atoms with Crippen molar-refractivity contribution in [2.75, 3.05) is 34.0 Å². The van der Waals surface area contributed by atoms with Crippen LogP contribution in [-0.2, 0) is 9.47 Å². The van der Waals surface area contributed by atoms with Crippen LogP contribution < -0.4 is 9.47 Å². The second-order valence-electron chi connectivity index (χ2n) is 6.66. The van der Waals surface area contributed by atoms with Crippen LogP contribution in [0, 0.1) is 5.82 Å². The summed E-state index contributed by atoms with van der Waals surface area (Å²) in [5.41, 5.74) is -2.52. The summed E-state index contributed by atoms with van der Waals surface area (Å²) in [5.74, 6) is 0.711. The minimum atomic E-state index is -5.10. The van der Waals surface area contributed by atoms with Crippen LogP contribution in [0.4, 0.5) is 26.3 Å². The molecule has 4 nitrogen and oxygen atoms in total. The van der Waals surface area contributed by atoms with Crippen LogP contribution in [0.5, 0.6) is 11.5 Å². The molecule has 0 amide bonds. The van der Waals surface area contributed by atoms with Crippen molar-refractivity contribution in [3.05, 3.63) is 66.0 Å². The molecule has 0 aliphatic rings. The van der Waals surface area contributed by atoms with E-state index in [1.165, 1.54) is 31.4 Å². The maximum atomic E-state index is 12.5. The van der Waals surface area contributed by atoms with E-state index < -0.39 is 23.4 Å². The molecule has 0 radical (unpaired) electrons. The van der Waals surface area contributed by atoms with Gasteiger partial charge in [-0.2, -0.15) is 22.0 Å². The summed E-state index contributed by atoms with van der Waals surface area (Å²) in [6.45, 7) is 3.20. The van der Waals surface area contributed by atoms with Crippen LogP contribution in [0.25, 0.3) is 5.57 Å². The van der Waals surface area contributed by atoms with Gasteiger partial charge in [0, 0.05) is 27.2 Å². The third kappa shape index (κ3) is 11.1. The van der Waals surface area contributed by atoms with Gasteiger partial charge < -0.3 is 18.9 Å². The molecule has 184 valence electrons. The summed E-state index contributed by atoms with van der Waals surface area (Å²) in [6, 6.07) is 10.3. The smallest absolute Gasteiger partial charge is 0.422 e. The number of methoxy groups -OCH3 is 2. The highest BCUT2D eigenvalue weighted by molar-refractivity contribution is 5.70. The van der Waals surface area contributed by atoms with Crippen LogP contribution in [0.2, 0.25) is 0 Å². The van der Waals surface area contributed by atoms with Gasteiger partial charge in [0.05, 0.1) is 12.7 Å². The van der Waals surface area contributed by atoms with E-state index in [4.69, 9.17) is 18.9 Å². The maximum absolute atomic E-state index is 12.5. The maximum Gasteiger partial charge on any atom is 0.422 e. The summed E-state index contributed by atoms with van der Waals surface area (Å²) in [6.07, 6.45) is -7.19. The van der Waals surface area contributed by atoms with E-state index in [-0.39, 0.29) is 11.9 Å². The third-order valence-electron chi connectivity index (χ3n) is 4.08. The molecule has 0 bridgehead atoms. The topological polar surface area (TPSA) is 36.9 Å². The fourth-order valence-corrected chi connectivity index (χ4v) is 2.30. The Hall–Kier alpha value is -2.72. The first-order valence-electron chi connectivity index (χ1n) is 9.84. The second-order valence-corrected chi connectivity index (χ2v) is 6.66. The van der Waals surface area contributed by atoms with Crippen molar-refractivity contribution in [1.29, 1.82) is 0 Å². The Morgan fingerprint density at radius 2 is 1.39 bits per heavy atom. The normalized spacial score (nSPS) is 11.8. The van der Waals surface area contributed by atoms with E-state index in [1.54, 1.807) is 19.2 Å². The predicted octanol–water partition coefficient (Wildman–Crippen LogP) is 6.51. The lowest BCUT2D eigenvalue weighted by atomic mass is 10.1. The predicted molar refractivity (Wildman–Crippen MR) is 112 cm³/mol. The van der Waals surface area contributed by atoms with Gasteiger partial charge in [-0.1, -0.05) is 12.1 Å². The van der Waals surface area contributed by atoms with Crippen molar-refractivity contribution >= 4 is 5.57 Å². The molecule has 1 unspecified atom stereocenters. The molecule has 0 aromatic heterocycles. The van der Waals surface area contributed by atoms with E-state index in [1.807, 2.05) is 6.92 Å². The second kappa shape index (κ2) is 14.4. The number of rotatable bonds is 10. The van der Waals surface area contributed by atoms with Crippen molar-refractivity contribution in [3.8, 4) is 11.5 Å². The fraction of sp³-hybridized carbons (Fsp3) is 0.391. The lowest BCUT2D eigenvalue weighted by Gasteiger charge is -2.11. The molecule has 0 spiro atoms. The molecule has 0 N–H and O–H groups in total. The van der Waals surface area contributed by atoms with Crippen molar-refractivity contribution in [3.63, 3.8) is 0 Å². The van der Waals surface area contributed by atoms with E-state index in [0.717, 1.165) is 12.1 Å². The number of ether oxygens (including phenoxy) is 4. The van der Waals surface area contributed by atoms with Gasteiger partial charge in [-0.25, -0.2) is 4.39 Å².